The Bertz CT molecular complexity index is 1450. The summed E-state index contributed by atoms with van der Waals surface area (Å²) in [5, 5.41) is 9.89. The number of para-hydroxylation sites is 1. The van der Waals surface area contributed by atoms with Crippen LogP contribution in [0.25, 0.3) is 21.8 Å². The molecule has 0 atom stereocenters. The average molecular weight is 511 g/mol. The van der Waals surface area contributed by atoms with Gasteiger partial charge in [0.25, 0.3) is 5.91 Å². The minimum Gasteiger partial charge on any atom is -0.482 e. The van der Waals surface area contributed by atoms with Gasteiger partial charge in [-0.25, -0.2) is 5.43 Å². The molecule has 0 aliphatic rings. The summed E-state index contributed by atoms with van der Waals surface area (Å²) in [6.45, 7) is 4.35. The van der Waals surface area contributed by atoms with E-state index in [2.05, 4.69) is 39.5 Å². The molecular formula is C26H24Cl2N4O3. The van der Waals surface area contributed by atoms with E-state index in [9.17, 15) is 9.59 Å². The Morgan fingerprint density at radius 2 is 1.74 bits per heavy atom. The first-order chi connectivity index (χ1) is 16.9. The summed E-state index contributed by atoms with van der Waals surface area (Å²) in [4.78, 5) is 24.6. The SMILES string of the molecule is CCn1c2ccccc2c2cc(NC(=O)C/C(C)=N/NC(=O)COc3ccc(Cl)cc3Cl)ccc21. The van der Waals surface area contributed by atoms with E-state index in [4.69, 9.17) is 27.9 Å². The van der Waals surface area contributed by atoms with E-state index in [0.29, 0.717) is 27.2 Å². The largest absolute Gasteiger partial charge is 0.482 e. The van der Waals surface area contributed by atoms with Crippen LogP contribution in [0.5, 0.6) is 5.75 Å². The van der Waals surface area contributed by atoms with Crippen molar-refractivity contribution >= 4 is 68.2 Å². The Morgan fingerprint density at radius 1 is 0.971 bits per heavy atom. The fourth-order valence-corrected chi connectivity index (χ4v) is 4.34. The smallest absolute Gasteiger partial charge is 0.277 e. The Hall–Kier alpha value is -3.55. The maximum absolute atomic E-state index is 12.5. The van der Waals surface area contributed by atoms with E-state index in [1.54, 1.807) is 19.1 Å². The number of nitrogens with one attached hydrogen (secondary N) is 2. The molecular weight excluding hydrogens is 487 g/mol. The summed E-state index contributed by atoms with van der Waals surface area (Å²) in [5.41, 5.74) is 5.81. The van der Waals surface area contributed by atoms with Crippen LogP contribution in [-0.4, -0.2) is 28.7 Å². The predicted molar refractivity (Wildman–Crippen MR) is 142 cm³/mol. The number of nitrogens with zero attached hydrogens (tertiary/aromatic N) is 2. The van der Waals surface area contributed by atoms with Crippen molar-refractivity contribution in [3.8, 4) is 5.75 Å². The number of hydrogen-bond acceptors (Lipinski definition) is 4. The van der Waals surface area contributed by atoms with Crippen molar-refractivity contribution in [2.45, 2.75) is 26.8 Å². The zero-order valence-corrected chi connectivity index (χ0v) is 20.8. The molecule has 0 saturated carbocycles. The monoisotopic (exact) mass is 510 g/mol. The molecule has 1 aromatic heterocycles. The van der Waals surface area contributed by atoms with Gasteiger partial charge in [0.05, 0.1) is 11.4 Å². The number of halogens is 2. The molecule has 4 rings (SSSR count). The van der Waals surface area contributed by atoms with Crippen LogP contribution in [0.15, 0.2) is 65.8 Å². The molecule has 7 nitrogen and oxygen atoms in total. The van der Waals surface area contributed by atoms with E-state index in [-0.39, 0.29) is 18.9 Å². The van der Waals surface area contributed by atoms with Crippen LogP contribution in [0, 0.1) is 0 Å². The zero-order chi connectivity index (χ0) is 24.9. The lowest BCUT2D eigenvalue weighted by molar-refractivity contribution is -0.123. The van der Waals surface area contributed by atoms with E-state index < -0.39 is 5.91 Å². The predicted octanol–water partition coefficient (Wildman–Crippen LogP) is 6.02. The van der Waals surface area contributed by atoms with Gasteiger partial charge in [-0.15, -0.1) is 0 Å². The van der Waals surface area contributed by atoms with Crippen LogP contribution in [-0.2, 0) is 16.1 Å². The number of benzene rings is 3. The maximum atomic E-state index is 12.5. The molecule has 180 valence electrons. The van der Waals surface area contributed by atoms with Crippen LogP contribution < -0.4 is 15.5 Å². The number of carbonyl (C=O) groups excluding carboxylic acids is 2. The van der Waals surface area contributed by atoms with Crippen LogP contribution in [0.4, 0.5) is 5.69 Å². The molecule has 0 radical (unpaired) electrons. The van der Waals surface area contributed by atoms with Gasteiger partial charge in [-0.05, 0) is 56.3 Å². The van der Waals surface area contributed by atoms with Crippen LogP contribution in [0.1, 0.15) is 20.3 Å². The van der Waals surface area contributed by atoms with Crippen molar-refractivity contribution < 1.29 is 14.3 Å². The molecule has 0 bridgehead atoms. The van der Waals surface area contributed by atoms with E-state index in [0.717, 1.165) is 28.4 Å². The third kappa shape index (κ3) is 5.75. The van der Waals surface area contributed by atoms with Crippen molar-refractivity contribution in [1.82, 2.24) is 9.99 Å². The van der Waals surface area contributed by atoms with Crippen molar-refractivity contribution in [1.29, 1.82) is 0 Å². The standard InChI is InChI=1S/C26H24Cl2N4O3/c1-3-32-22-7-5-4-6-19(22)20-14-18(9-10-23(20)32)29-25(33)12-16(2)30-31-26(34)15-35-24-11-8-17(27)13-21(24)28/h4-11,13-14H,3,12,15H2,1-2H3,(H,29,33)(H,31,34)/b30-16+. The van der Waals surface area contributed by atoms with Gasteiger partial charge in [0.2, 0.25) is 5.91 Å². The summed E-state index contributed by atoms with van der Waals surface area (Å²) in [6.07, 6.45) is 0.0267. The lowest BCUT2D eigenvalue weighted by Crippen LogP contribution is -2.26. The lowest BCUT2D eigenvalue weighted by atomic mass is 10.1. The number of ether oxygens (including phenoxy) is 1. The highest BCUT2D eigenvalue weighted by Gasteiger charge is 2.12. The number of fused-ring (bicyclic) bond motifs is 3. The molecule has 1 heterocycles. The third-order valence-corrected chi connectivity index (χ3v) is 5.94. The molecule has 9 heteroatoms. The number of carbonyl (C=O) groups is 2. The molecule has 3 aromatic carbocycles. The number of aromatic nitrogens is 1. The first-order valence-electron chi connectivity index (χ1n) is 11.1. The molecule has 4 aromatic rings. The Balaban J connectivity index is 1.34. The van der Waals surface area contributed by atoms with Gasteiger partial charge >= 0.3 is 0 Å². The van der Waals surface area contributed by atoms with Crippen LogP contribution in [0.3, 0.4) is 0 Å². The van der Waals surface area contributed by atoms with Gasteiger partial charge in [0.15, 0.2) is 6.61 Å². The Labute approximate surface area is 212 Å². The van der Waals surface area contributed by atoms with Gasteiger partial charge in [-0.1, -0.05) is 41.4 Å². The summed E-state index contributed by atoms with van der Waals surface area (Å²) in [6, 6.07) is 18.8. The molecule has 0 unspecified atom stereocenters. The van der Waals surface area contributed by atoms with E-state index >= 15 is 0 Å². The molecule has 0 spiro atoms. The highest BCUT2D eigenvalue weighted by molar-refractivity contribution is 6.35. The third-order valence-electron chi connectivity index (χ3n) is 5.41. The maximum Gasteiger partial charge on any atom is 0.277 e. The second kappa shape index (κ2) is 10.8. The normalized spacial score (nSPS) is 11.6. The van der Waals surface area contributed by atoms with Crippen LogP contribution >= 0.6 is 23.2 Å². The summed E-state index contributed by atoms with van der Waals surface area (Å²) in [7, 11) is 0. The molecule has 35 heavy (non-hydrogen) atoms. The number of rotatable bonds is 8. The van der Waals surface area contributed by atoms with Crippen molar-refractivity contribution in [3.63, 3.8) is 0 Å². The Kier molecular flexibility index (Phi) is 7.58. The van der Waals surface area contributed by atoms with Gasteiger partial charge in [-0.2, -0.15) is 5.10 Å². The topological polar surface area (TPSA) is 84.7 Å². The summed E-state index contributed by atoms with van der Waals surface area (Å²) >= 11 is 11.9. The van der Waals surface area contributed by atoms with Gasteiger partial charge in [-0.3, -0.25) is 9.59 Å². The second-order valence-electron chi connectivity index (χ2n) is 7.96. The Morgan fingerprint density at radius 3 is 2.51 bits per heavy atom. The van der Waals surface area contributed by atoms with Gasteiger partial charge in [0, 0.05) is 44.8 Å². The number of hydrazone groups is 1. The van der Waals surface area contributed by atoms with Gasteiger partial charge < -0.3 is 14.6 Å². The molecule has 0 aliphatic heterocycles. The number of hydrogen-bond donors (Lipinski definition) is 2. The van der Waals surface area contributed by atoms with Crippen LogP contribution in [0.2, 0.25) is 10.0 Å². The highest BCUT2D eigenvalue weighted by Crippen LogP contribution is 2.31. The van der Waals surface area contributed by atoms with E-state index in [1.165, 1.54) is 6.07 Å². The molecule has 2 amide bonds. The first kappa shape index (κ1) is 24.6. The molecule has 0 saturated heterocycles. The van der Waals surface area contributed by atoms with Crippen molar-refractivity contribution in [2.75, 3.05) is 11.9 Å². The minimum absolute atomic E-state index is 0.0267. The van der Waals surface area contributed by atoms with Crippen molar-refractivity contribution in [3.05, 3.63) is 70.7 Å². The number of anilines is 1. The second-order valence-corrected chi connectivity index (χ2v) is 8.81. The lowest BCUT2D eigenvalue weighted by Gasteiger charge is -2.08. The highest BCUT2D eigenvalue weighted by atomic mass is 35.5. The zero-order valence-electron chi connectivity index (χ0n) is 19.3. The van der Waals surface area contributed by atoms with Gasteiger partial charge in [0.1, 0.15) is 5.75 Å². The average Bonchev–Trinajstić information content (AvgIpc) is 3.15. The summed E-state index contributed by atoms with van der Waals surface area (Å²) < 4.78 is 7.62. The fourth-order valence-electron chi connectivity index (χ4n) is 3.87. The minimum atomic E-state index is -0.478. The number of aryl methyl sites for hydroxylation is 1. The quantitative estimate of drug-likeness (QED) is 0.224. The number of amides is 2. The molecule has 0 aliphatic carbocycles. The fraction of sp³-hybridized carbons (Fsp3) is 0.192. The first-order valence-corrected chi connectivity index (χ1v) is 11.8. The van der Waals surface area contributed by atoms with E-state index in [1.807, 2.05) is 30.3 Å². The van der Waals surface area contributed by atoms with Crippen molar-refractivity contribution in [2.24, 2.45) is 5.10 Å². The summed E-state index contributed by atoms with van der Waals surface area (Å²) in [5.74, 6) is -0.373. The molecule has 2 N–H and O–H groups in total. The molecule has 0 fully saturated rings.